The first-order valence-electron chi connectivity index (χ1n) is 9.42. The molecule has 0 aliphatic carbocycles. The van der Waals surface area contributed by atoms with E-state index in [1.54, 1.807) is 4.90 Å². The summed E-state index contributed by atoms with van der Waals surface area (Å²) in [6, 6.07) is 8.30. The molecular formula is C20H28N4O2. The number of carbonyl (C=O) groups excluding carboxylic acids is 2. The van der Waals surface area contributed by atoms with E-state index in [0.29, 0.717) is 19.6 Å². The number of hydrogen-bond donors (Lipinski definition) is 3. The second kappa shape index (κ2) is 8.25. The third-order valence-corrected chi connectivity index (χ3v) is 4.93. The largest absolute Gasteiger partial charge is 0.361 e. The summed E-state index contributed by atoms with van der Waals surface area (Å²) in [5.41, 5.74) is 2.35. The van der Waals surface area contributed by atoms with Gasteiger partial charge in [0.2, 0.25) is 5.91 Å². The van der Waals surface area contributed by atoms with E-state index in [9.17, 15) is 9.59 Å². The SMILES string of the molecule is CC(C)NC(=O)N1CCC(C(=O)NCCc2c[nH]c3ccccc23)CC1. The van der Waals surface area contributed by atoms with Crippen LogP contribution in [0.15, 0.2) is 30.5 Å². The van der Waals surface area contributed by atoms with Crippen molar-refractivity contribution < 1.29 is 9.59 Å². The van der Waals surface area contributed by atoms with Crippen molar-refractivity contribution in [2.45, 2.75) is 39.2 Å². The lowest BCUT2D eigenvalue weighted by Crippen LogP contribution is -2.48. The van der Waals surface area contributed by atoms with E-state index in [1.807, 2.05) is 32.2 Å². The van der Waals surface area contributed by atoms with Gasteiger partial charge in [-0.05, 0) is 44.7 Å². The first-order valence-corrected chi connectivity index (χ1v) is 9.42. The first kappa shape index (κ1) is 18.3. The molecule has 3 amide bonds. The molecule has 1 aromatic heterocycles. The minimum Gasteiger partial charge on any atom is -0.361 e. The molecule has 3 rings (SSSR count). The number of para-hydroxylation sites is 1. The van der Waals surface area contributed by atoms with Gasteiger partial charge in [-0.15, -0.1) is 0 Å². The maximum atomic E-state index is 12.4. The van der Waals surface area contributed by atoms with Crippen molar-refractivity contribution in [2.24, 2.45) is 5.92 Å². The predicted molar refractivity (Wildman–Crippen MR) is 103 cm³/mol. The van der Waals surface area contributed by atoms with Crippen LogP contribution in [0.1, 0.15) is 32.3 Å². The number of likely N-dealkylation sites (tertiary alicyclic amines) is 1. The summed E-state index contributed by atoms with van der Waals surface area (Å²) in [5.74, 6) is 0.106. The number of aromatic nitrogens is 1. The number of carbonyl (C=O) groups is 2. The van der Waals surface area contributed by atoms with Crippen LogP contribution in [0.5, 0.6) is 0 Å². The highest BCUT2D eigenvalue weighted by molar-refractivity contribution is 5.83. The lowest BCUT2D eigenvalue weighted by molar-refractivity contribution is -0.126. The van der Waals surface area contributed by atoms with E-state index < -0.39 is 0 Å². The Morgan fingerprint density at radius 3 is 2.69 bits per heavy atom. The van der Waals surface area contributed by atoms with Crippen LogP contribution in [-0.2, 0) is 11.2 Å². The van der Waals surface area contributed by atoms with Gasteiger partial charge < -0.3 is 20.5 Å². The number of amides is 3. The highest BCUT2D eigenvalue weighted by Gasteiger charge is 2.27. The Balaban J connectivity index is 1.43. The van der Waals surface area contributed by atoms with Crippen LogP contribution in [0.4, 0.5) is 4.79 Å². The number of hydrogen-bond acceptors (Lipinski definition) is 2. The molecule has 1 saturated heterocycles. The summed E-state index contributed by atoms with van der Waals surface area (Å²) in [4.78, 5) is 29.5. The topological polar surface area (TPSA) is 77.2 Å². The van der Waals surface area contributed by atoms with Crippen molar-refractivity contribution in [1.82, 2.24) is 20.5 Å². The summed E-state index contributed by atoms with van der Waals surface area (Å²) in [7, 11) is 0. The van der Waals surface area contributed by atoms with Crippen molar-refractivity contribution in [3.05, 3.63) is 36.0 Å². The summed E-state index contributed by atoms with van der Waals surface area (Å²) in [5, 5.41) is 7.18. The predicted octanol–water partition coefficient (Wildman–Crippen LogP) is 2.66. The van der Waals surface area contributed by atoms with E-state index in [0.717, 1.165) is 24.8 Å². The van der Waals surface area contributed by atoms with Gasteiger partial charge in [0.05, 0.1) is 0 Å². The Morgan fingerprint density at radius 1 is 1.23 bits per heavy atom. The third-order valence-electron chi connectivity index (χ3n) is 4.93. The van der Waals surface area contributed by atoms with Gasteiger partial charge in [-0.2, -0.15) is 0 Å². The summed E-state index contributed by atoms with van der Waals surface area (Å²) in [6.45, 7) is 5.81. The molecule has 1 aliphatic rings. The van der Waals surface area contributed by atoms with Gasteiger partial charge in [0, 0.05) is 48.7 Å². The molecular weight excluding hydrogens is 328 g/mol. The van der Waals surface area contributed by atoms with Gasteiger partial charge in [0.1, 0.15) is 0 Å². The number of urea groups is 1. The molecule has 0 spiro atoms. The van der Waals surface area contributed by atoms with Crippen LogP contribution in [0.3, 0.4) is 0 Å². The summed E-state index contributed by atoms with van der Waals surface area (Å²) in [6.07, 6.45) is 4.28. The Morgan fingerprint density at radius 2 is 1.96 bits per heavy atom. The number of nitrogens with one attached hydrogen (secondary N) is 3. The summed E-state index contributed by atoms with van der Waals surface area (Å²) >= 11 is 0. The van der Waals surface area contributed by atoms with E-state index in [2.05, 4.69) is 27.8 Å². The zero-order chi connectivity index (χ0) is 18.5. The van der Waals surface area contributed by atoms with Gasteiger partial charge in [-0.25, -0.2) is 4.79 Å². The monoisotopic (exact) mass is 356 g/mol. The molecule has 3 N–H and O–H groups in total. The quantitative estimate of drug-likeness (QED) is 0.770. The van der Waals surface area contributed by atoms with E-state index in [4.69, 9.17) is 0 Å². The fraction of sp³-hybridized carbons (Fsp3) is 0.500. The Labute approximate surface area is 154 Å². The minimum absolute atomic E-state index is 0.000990. The van der Waals surface area contributed by atoms with Crippen LogP contribution in [0.25, 0.3) is 10.9 Å². The second-order valence-corrected chi connectivity index (χ2v) is 7.27. The molecule has 1 aliphatic heterocycles. The number of rotatable bonds is 5. The molecule has 26 heavy (non-hydrogen) atoms. The zero-order valence-corrected chi connectivity index (χ0v) is 15.5. The van der Waals surface area contributed by atoms with E-state index in [1.165, 1.54) is 10.9 Å². The number of benzene rings is 1. The first-order chi connectivity index (χ1) is 12.5. The number of aromatic amines is 1. The van der Waals surface area contributed by atoms with Crippen LogP contribution in [-0.4, -0.2) is 47.5 Å². The van der Waals surface area contributed by atoms with Gasteiger partial charge in [0.25, 0.3) is 0 Å². The van der Waals surface area contributed by atoms with Crippen LogP contribution in [0.2, 0.25) is 0 Å². The Hall–Kier alpha value is -2.50. The Kier molecular flexibility index (Phi) is 5.81. The third kappa shape index (κ3) is 4.36. The van der Waals surface area contributed by atoms with Crippen LogP contribution < -0.4 is 10.6 Å². The highest BCUT2D eigenvalue weighted by Crippen LogP contribution is 2.19. The van der Waals surface area contributed by atoms with E-state index >= 15 is 0 Å². The average molecular weight is 356 g/mol. The maximum Gasteiger partial charge on any atom is 0.317 e. The van der Waals surface area contributed by atoms with Crippen molar-refractivity contribution in [1.29, 1.82) is 0 Å². The lowest BCUT2D eigenvalue weighted by atomic mass is 9.96. The molecule has 1 fully saturated rings. The Bertz CT molecular complexity index is 760. The van der Waals surface area contributed by atoms with Gasteiger partial charge in [-0.1, -0.05) is 18.2 Å². The highest BCUT2D eigenvalue weighted by atomic mass is 16.2. The van der Waals surface area contributed by atoms with Gasteiger partial charge in [-0.3, -0.25) is 4.79 Å². The van der Waals surface area contributed by atoms with Crippen molar-refractivity contribution >= 4 is 22.8 Å². The molecule has 0 atom stereocenters. The van der Waals surface area contributed by atoms with E-state index in [-0.39, 0.29) is 23.9 Å². The fourth-order valence-electron chi connectivity index (χ4n) is 3.49. The van der Waals surface area contributed by atoms with Gasteiger partial charge >= 0.3 is 6.03 Å². The lowest BCUT2D eigenvalue weighted by Gasteiger charge is -2.32. The van der Waals surface area contributed by atoms with Crippen molar-refractivity contribution in [3.63, 3.8) is 0 Å². The molecule has 6 nitrogen and oxygen atoms in total. The zero-order valence-electron chi connectivity index (χ0n) is 15.5. The average Bonchev–Trinajstić information content (AvgIpc) is 3.04. The number of fused-ring (bicyclic) bond motifs is 1. The molecule has 0 radical (unpaired) electrons. The molecule has 0 saturated carbocycles. The number of H-pyrrole nitrogens is 1. The summed E-state index contributed by atoms with van der Waals surface area (Å²) < 4.78 is 0. The number of nitrogens with zero attached hydrogens (tertiary/aromatic N) is 1. The molecule has 0 unspecified atom stereocenters. The van der Waals surface area contributed by atoms with Gasteiger partial charge in [0.15, 0.2) is 0 Å². The molecule has 140 valence electrons. The fourth-order valence-corrected chi connectivity index (χ4v) is 3.49. The second-order valence-electron chi connectivity index (χ2n) is 7.27. The minimum atomic E-state index is -0.0294. The van der Waals surface area contributed by atoms with Crippen molar-refractivity contribution in [3.8, 4) is 0 Å². The number of piperidine rings is 1. The van der Waals surface area contributed by atoms with Crippen LogP contribution in [0, 0.1) is 5.92 Å². The molecule has 0 bridgehead atoms. The molecule has 2 aromatic rings. The molecule has 1 aromatic carbocycles. The van der Waals surface area contributed by atoms with Crippen LogP contribution >= 0.6 is 0 Å². The molecule has 6 heteroatoms. The smallest absolute Gasteiger partial charge is 0.317 e. The van der Waals surface area contributed by atoms with Crippen molar-refractivity contribution in [2.75, 3.05) is 19.6 Å². The normalized spacial score (nSPS) is 15.4. The maximum absolute atomic E-state index is 12.4. The standard InChI is InChI=1S/C20H28N4O2/c1-14(2)23-20(26)24-11-8-15(9-12-24)19(25)21-10-7-16-13-22-18-6-4-3-5-17(16)18/h3-6,13-15,22H,7-12H2,1-2H3,(H,21,25)(H,23,26). The molecule has 2 heterocycles.